The zero-order valence-corrected chi connectivity index (χ0v) is 10.3. The molecule has 94 valence electrons. The molecule has 0 spiro atoms. The number of benzene rings is 1. The summed E-state index contributed by atoms with van der Waals surface area (Å²) in [5, 5.41) is 12.3. The molecule has 2 N–H and O–H groups in total. The van der Waals surface area contributed by atoms with Crippen molar-refractivity contribution in [3.63, 3.8) is 0 Å². The lowest BCUT2D eigenvalue weighted by atomic mass is 10.1. The van der Waals surface area contributed by atoms with Gasteiger partial charge in [-0.3, -0.25) is 4.79 Å². The first-order valence-corrected chi connectivity index (χ1v) is 5.62. The maximum absolute atomic E-state index is 11.9. The second-order valence-electron chi connectivity index (χ2n) is 4.14. The molecule has 2 aromatic rings. The number of hydrogen-bond acceptors (Lipinski definition) is 3. The van der Waals surface area contributed by atoms with Crippen molar-refractivity contribution in [3.05, 3.63) is 47.5 Å². The Morgan fingerprint density at radius 3 is 2.89 bits per heavy atom. The first-order valence-electron chi connectivity index (χ1n) is 5.62. The second-order valence-corrected chi connectivity index (χ2v) is 4.14. The minimum Gasteiger partial charge on any atom is -0.508 e. The Labute approximate surface area is 105 Å². The van der Waals surface area contributed by atoms with E-state index in [2.05, 4.69) is 10.3 Å². The van der Waals surface area contributed by atoms with Crippen LogP contribution in [0.2, 0.25) is 0 Å². The average Bonchev–Trinajstić information content (AvgIpc) is 2.75. The lowest BCUT2D eigenvalue weighted by Crippen LogP contribution is -2.24. The van der Waals surface area contributed by atoms with Gasteiger partial charge in [0.2, 0.25) is 0 Å². The van der Waals surface area contributed by atoms with E-state index in [-0.39, 0.29) is 11.7 Å². The number of phenolic OH excluding ortho intramolecular Hbond substituents is 1. The molecular formula is C13H15N3O2. The van der Waals surface area contributed by atoms with Gasteiger partial charge in [-0.25, -0.2) is 4.98 Å². The quantitative estimate of drug-likeness (QED) is 0.858. The molecule has 1 aromatic heterocycles. The van der Waals surface area contributed by atoms with Gasteiger partial charge < -0.3 is 15.0 Å². The fourth-order valence-electron chi connectivity index (χ4n) is 1.58. The van der Waals surface area contributed by atoms with Gasteiger partial charge >= 0.3 is 0 Å². The van der Waals surface area contributed by atoms with Gasteiger partial charge in [-0.15, -0.1) is 0 Å². The van der Waals surface area contributed by atoms with Crippen molar-refractivity contribution in [2.75, 3.05) is 0 Å². The predicted octanol–water partition coefficient (Wildman–Crippen LogP) is 1.36. The van der Waals surface area contributed by atoms with Crippen LogP contribution in [0.25, 0.3) is 0 Å². The highest BCUT2D eigenvalue weighted by Gasteiger charge is 2.08. The summed E-state index contributed by atoms with van der Waals surface area (Å²) in [5.41, 5.74) is 1.18. The summed E-state index contributed by atoms with van der Waals surface area (Å²) in [6, 6.07) is 4.86. The van der Waals surface area contributed by atoms with E-state index >= 15 is 0 Å². The molecule has 0 atom stereocenters. The summed E-state index contributed by atoms with van der Waals surface area (Å²) < 4.78 is 1.84. The second kappa shape index (κ2) is 4.91. The van der Waals surface area contributed by atoms with Crippen LogP contribution in [0, 0.1) is 6.92 Å². The van der Waals surface area contributed by atoms with Gasteiger partial charge in [-0.1, -0.05) is 6.07 Å². The summed E-state index contributed by atoms with van der Waals surface area (Å²) in [6.07, 6.45) is 3.50. The third kappa shape index (κ3) is 2.51. The molecule has 1 amide bonds. The van der Waals surface area contributed by atoms with E-state index in [0.717, 1.165) is 11.4 Å². The standard InChI is InChI=1S/C13H15N3O2/c1-9-3-4-10(7-11(9)17)13(18)15-8-12-14-5-6-16(12)2/h3-7,17H,8H2,1-2H3,(H,15,18). The molecule has 0 saturated carbocycles. The third-order valence-electron chi connectivity index (χ3n) is 2.80. The molecule has 5 heteroatoms. The smallest absolute Gasteiger partial charge is 0.251 e. The highest BCUT2D eigenvalue weighted by molar-refractivity contribution is 5.94. The van der Waals surface area contributed by atoms with Gasteiger partial charge in [0.1, 0.15) is 11.6 Å². The van der Waals surface area contributed by atoms with Crippen LogP contribution in [0.3, 0.4) is 0 Å². The van der Waals surface area contributed by atoms with Crippen LogP contribution in [0.5, 0.6) is 5.75 Å². The van der Waals surface area contributed by atoms with Crippen LogP contribution in [0.15, 0.2) is 30.6 Å². The zero-order chi connectivity index (χ0) is 13.1. The van der Waals surface area contributed by atoms with Crippen molar-refractivity contribution < 1.29 is 9.90 Å². The van der Waals surface area contributed by atoms with Crippen molar-refractivity contribution >= 4 is 5.91 Å². The number of nitrogens with zero attached hydrogens (tertiary/aromatic N) is 2. The zero-order valence-electron chi connectivity index (χ0n) is 10.3. The number of aromatic nitrogens is 2. The number of aromatic hydroxyl groups is 1. The van der Waals surface area contributed by atoms with Gasteiger partial charge in [-0.05, 0) is 24.6 Å². The van der Waals surface area contributed by atoms with Gasteiger partial charge in [0.15, 0.2) is 0 Å². The van der Waals surface area contributed by atoms with Crippen molar-refractivity contribution in [3.8, 4) is 5.75 Å². The fourth-order valence-corrected chi connectivity index (χ4v) is 1.58. The predicted molar refractivity (Wildman–Crippen MR) is 67.2 cm³/mol. The van der Waals surface area contributed by atoms with Crippen LogP contribution < -0.4 is 5.32 Å². The van der Waals surface area contributed by atoms with Gasteiger partial charge in [0.25, 0.3) is 5.91 Å². The lowest BCUT2D eigenvalue weighted by Gasteiger charge is -2.06. The minimum absolute atomic E-state index is 0.125. The summed E-state index contributed by atoms with van der Waals surface area (Å²) >= 11 is 0. The lowest BCUT2D eigenvalue weighted by molar-refractivity contribution is 0.0949. The Morgan fingerprint density at radius 1 is 1.50 bits per heavy atom. The van der Waals surface area contributed by atoms with Gasteiger partial charge in [0.05, 0.1) is 6.54 Å². The van der Waals surface area contributed by atoms with E-state index in [4.69, 9.17) is 0 Å². The number of imidazole rings is 1. The van der Waals surface area contributed by atoms with Gasteiger partial charge in [-0.2, -0.15) is 0 Å². The normalized spacial score (nSPS) is 10.3. The first-order chi connectivity index (χ1) is 8.58. The number of phenols is 1. The molecule has 0 saturated heterocycles. The molecule has 0 unspecified atom stereocenters. The molecule has 1 aromatic carbocycles. The minimum atomic E-state index is -0.228. The largest absolute Gasteiger partial charge is 0.508 e. The molecule has 5 nitrogen and oxygen atoms in total. The van der Waals surface area contributed by atoms with Crippen LogP contribution in [-0.2, 0) is 13.6 Å². The number of carbonyl (C=O) groups excluding carboxylic acids is 1. The Bertz CT molecular complexity index is 575. The van der Waals surface area contributed by atoms with Crippen LogP contribution in [0.4, 0.5) is 0 Å². The molecule has 2 rings (SSSR count). The maximum Gasteiger partial charge on any atom is 0.251 e. The Balaban J connectivity index is 2.04. The number of nitrogens with one attached hydrogen (secondary N) is 1. The molecule has 0 aliphatic rings. The number of amides is 1. The van der Waals surface area contributed by atoms with Crippen LogP contribution in [0.1, 0.15) is 21.7 Å². The Morgan fingerprint density at radius 2 is 2.28 bits per heavy atom. The third-order valence-corrected chi connectivity index (χ3v) is 2.80. The van der Waals surface area contributed by atoms with Crippen molar-refractivity contribution in [1.82, 2.24) is 14.9 Å². The van der Waals surface area contributed by atoms with E-state index in [1.807, 2.05) is 17.8 Å². The van der Waals surface area contributed by atoms with E-state index in [1.165, 1.54) is 6.07 Å². The topological polar surface area (TPSA) is 67.2 Å². The van der Waals surface area contributed by atoms with Crippen molar-refractivity contribution in [1.29, 1.82) is 0 Å². The van der Waals surface area contributed by atoms with Crippen molar-refractivity contribution in [2.24, 2.45) is 7.05 Å². The van der Waals surface area contributed by atoms with Gasteiger partial charge in [0, 0.05) is 25.0 Å². The first kappa shape index (κ1) is 12.2. The van der Waals surface area contributed by atoms with Crippen LogP contribution in [-0.4, -0.2) is 20.6 Å². The van der Waals surface area contributed by atoms with Crippen molar-refractivity contribution in [2.45, 2.75) is 13.5 Å². The Hall–Kier alpha value is -2.30. The summed E-state index contributed by atoms with van der Waals surface area (Å²) in [5.74, 6) is 0.674. The SMILES string of the molecule is Cc1ccc(C(=O)NCc2nccn2C)cc1O. The molecule has 1 heterocycles. The molecule has 0 fully saturated rings. The summed E-state index contributed by atoms with van der Waals surface area (Å²) in [6.45, 7) is 2.14. The van der Waals surface area contributed by atoms with E-state index in [9.17, 15) is 9.90 Å². The fraction of sp³-hybridized carbons (Fsp3) is 0.231. The van der Waals surface area contributed by atoms with Crippen LogP contribution >= 0.6 is 0 Å². The van der Waals surface area contributed by atoms with E-state index < -0.39 is 0 Å². The number of carbonyl (C=O) groups is 1. The molecule has 0 aliphatic carbocycles. The Kier molecular flexibility index (Phi) is 3.32. The number of aryl methyl sites for hydroxylation is 2. The number of hydrogen-bond donors (Lipinski definition) is 2. The average molecular weight is 245 g/mol. The maximum atomic E-state index is 11.9. The summed E-state index contributed by atoms with van der Waals surface area (Å²) in [4.78, 5) is 16.0. The monoisotopic (exact) mass is 245 g/mol. The molecule has 0 aliphatic heterocycles. The highest BCUT2D eigenvalue weighted by Crippen LogP contribution is 2.17. The van der Waals surface area contributed by atoms with E-state index in [0.29, 0.717) is 12.1 Å². The molecule has 18 heavy (non-hydrogen) atoms. The summed E-state index contributed by atoms with van der Waals surface area (Å²) in [7, 11) is 1.87. The van der Waals surface area contributed by atoms with E-state index in [1.54, 1.807) is 25.3 Å². The molecular weight excluding hydrogens is 230 g/mol. The number of rotatable bonds is 3. The molecule has 0 radical (unpaired) electrons. The highest BCUT2D eigenvalue weighted by atomic mass is 16.3. The molecule has 0 bridgehead atoms.